The Bertz CT molecular complexity index is 633. The van der Waals surface area contributed by atoms with E-state index < -0.39 is 0 Å². The first-order valence-electron chi connectivity index (χ1n) is 8.91. The van der Waals surface area contributed by atoms with Crippen LogP contribution in [0.1, 0.15) is 43.2 Å². The van der Waals surface area contributed by atoms with Crippen molar-refractivity contribution in [2.45, 2.75) is 38.7 Å². The van der Waals surface area contributed by atoms with Crippen LogP contribution in [0, 0.1) is 5.92 Å². The van der Waals surface area contributed by atoms with E-state index in [0.29, 0.717) is 6.61 Å². The Morgan fingerprint density at radius 2 is 1.83 bits per heavy atom. The first kappa shape index (κ1) is 16.7. The number of hydrazone groups is 1. The highest BCUT2D eigenvalue weighted by Crippen LogP contribution is 2.24. The average molecular weight is 322 g/mol. The lowest BCUT2D eigenvalue weighted by Gasteiger charge is -2.21. The van der Waals surface area contributed by atoms with Crippen molar-refractivity contribution >= 4 is 11.9 Å². The Balaban J connectivity index is 1.46. The molecule has 1 fully saturated rings. The summed E-state index contributed by atoms with van der Waals surface area (Å²) in [5.41, 5.74) is 6.31. The lowest BCUT2D eigenvalue weighted by Crippen LogP contribution is -2.13. The molecule has 3 heteroatoms. The van der Waals surface area contributed by atoms with Crippen LogP contribution in [-0.2, 0) is 11.3 Å². The van der Waals surface area contributed by atoms with Crippen molar-refractivity contribution in [1.82, 2.24) is 0 Å². The molecule has 126 valence electrons. The number of anilines is 1. The highest BCUT2D eigenvalue weighted by molar-refractivity contribution is 5.80. The minimum atomic E-state index is 0.685. The van der Waals surface area contributed by atoms with Crippen LogP contribution in [0.2, 0.25) is 0 Å². The molecule has 1 aliphatic carbocycles. The topological polar surface area (TPSA) is 33.6 Å². The molecule has 2 aromatic rings. The number of nitrogens with zero attached hydrogens (tertiary/aromatic N) is 1. The molecule has 0 aliphatic heterocycles. The minimum Gasteiger partial charge on any atom is -0.376 e. The molecule has 1 aliphatic rings. The van der Waals surface area contributed by atoms with Crippen LogP contribution in [0.5, 0.6) is 0 Å². The zero-order chi connectivity index (χ0) is 16.5. The van der Waals surface area contributed by atoms with Gasteiger partial charge in [-0.05, 0) is 48.1 Å². The molecule has 3 nitrogen and oxygen atoms in total. The molecule has 0 aromatic heterocycles. The summed E-state index contributed by atoms with van der Waals surface area (Å²) in [6, 6.07) is 18.3. The third-order valence-corrected chi connectivity index (χ3v) is 4.48. The quantitative estimate of drug-likeness (QED) is 0.559. The van der Waals surface area contributed by atoms with Crippen LogP contribution in [0.15, 0.2) is 59.7 Å². The van der Waals surface area contributed by atoms with Gasteiger partial charge in [-0.15, -0.1) is 0 Å². The van der Waals surface area contributed by atoms with Gasteiger partial charge in [0.25, 0.3) is 0 Å². The van der Waals surface area contributed by atoms with Gasteiger partial charge in [0.15, 0.2) is 0 Å². The molecule has 0 saturated heterocycles. The summed E-state index contributed by atoms with van der Waals surface area (Å²) in [5.74, 6) is 0.763. The number of para-hydroxylation sites is 1. The lowest BCUT2D eigenvalue weighted by molar-refractivity contribution is 0.0739. The van der Waals surface area contributed by atoms with Crippen molar-refractivity contribution in [3.63, 3.8) is 0 Å². The summed E-state index contributed by atoms with van der Waals surface area (Å²) in [6.07, 6.45) is 8.64. The average Bonchev–Trinajstić information content (AvgIpc) is 2.64. The minimum absolute atomic E-state index is 0.685. The van der Waals surface area contributed by atoms with Crippen LogP contribution < -0.4 is 5.43 Å². The molecule has 0 atom stereocenters. The van der Waals surface area contributed by atoms with Crippen molar-refractivity contribution in [3.05, 3.63) is 65.7 Å². The summed E-state index contributed by atoms with van der Waals surface area (Å²) in [4.78, 5) is 0. The molecule has 1 saturated carbocycles. The van der Waals surface area contributed by atoms with E-state index in [9.17, 15) is 0 Å². The summed E-state index contributed by atoms with van der Waals surface area (Å²) in [6.45, 7) is 1.58. The van der Waals surface area contributed by atoms with Gasteiger partial charge in [-0.2, -0.15) is 5.10 Å². The number of benzene rings is 2. The van der Waals surface area contributed by atoms with E-state index in [1.807, 2.05) is 36.5 Å². The molecule has 0 heterocycles. The van der Waals surface area contributed by atoms with Crippen molar-refractivity contribution in [2.75, 3.05) is 12.0 Å². The first-order valence-corrected chi connectivity index (χ1v) is 8.91. The molecule has 1 N–H and O–H groups in total. The zero-order valence-corrected chi connectivity index (χ0v) is 14.2. The van der Waals surface area contributed by atoms with Gasteiger partial charge in [0.2, 0.25) is 0 Å². The third kappa shape index (κ3) is 5.50. The molecular weight excluding hydrogens is 296 g/mol. The van der Waals surface area contributed by atoms with E-state index in [2.05, 4.69) is 34.8 Å². The largest absolute Gasteiger partial charge is 0.376 e. The van der Waals surface area contributed by atoms with Gasteiger partial charge in [0.05, 0.1) is 18.5 Å². The van der Waals surface area contributed by atoms with Gasteiger partial charge in [0.1, 0.15) is 0 Å². The van der Waals surface area contributed by atoms with Gasteiger partial charge in [0, 0.05) is 6.61 Å². The maximum Gasteiger partial charge on any atom is 0.0717 e. The number of hydrogen-bond donors (Lipinski definition) is 1. The fourth-order valence-electron chi connectivity index (χ4n) is 3.15. The summed E-state index contributed by atoms with van der Waals surface area (Å²) in [5, 5.41) is 4.29. The van der Waals surface area contributed by atoms with Crippen LogP contribution in [-0.4, -0.2) is 12.8 Å². The number of ether oxygens (including phenoxy) is 1. The maximum absolute atomic E-state index is 5.93. The van der Waals surface area contributed by atoms with Gasteiger partial charge in [-0.3, -0.25) is 5.43 Å². The fraction of sp³-hybridized carbons (Fsp3) is 0.381. The molecule has 0 radical (unpaired) electrons. The van der Waals surface area contributed by atoms with E-state index in [1.54, 1.807) is 0 Å². The molecule has 0 bridgehead atoms. The van der Waals surface area contributed by atoms with Crippen molar-refractivity contribution in [1.29, 1.82) is 0 Å². The standard InChI is InChI=1S/C21H26N2O/c1-3-8-18(9-4-1)16-24-17-20-11-7-10-19(14-20)15-22-23-21-12-5-2-6-13-21/h2,5-7,10-15,18,23H,1,3-4,8-9,16-17H2. The Hall–Kier alpha value is -2.13. The van der Waals surface area contributed by atoms with E-state index in [4.69, 9.17) is 4.74 Å². The molecular formula is C21H26N2O. The SMILES string of the molecule is C(=NNc1ccccc1)c1cccc(COCC2CCCCC2)c1. The van der Waals surface area contributed by atoms with Crippen LogP contribution in [0.25, 0.3) is 0 Å². The number of rotatable bonds is 7. The second-order valence-corrected chi connectivity index (χ2v) is 6.50. The third-order valence-electron chi connectivity index (χ3n) is 4.48. The fourth-order valence-corrected chi connectivity index (χ4v) is 3.15. The Morgan fingerprint density at radius 3 is 2.67 bits per heavy atom. The van der Waals surface area contributed by atoms with Crippen LogP contribution in [0.3, 0.4) is 0 Å². The molecule has 2 aromatic carbocycles. The maximum atomic E-state index is 5.93. The normalized spacial score (nSPS) is 15.7. The van der Waals surface area contributed by atoms with E-state index in [0.717, 1.165) is 23.8 Å². The van der Waals surface area contributed by atoms with Gasteiger partial charge in [-0.25, -0.2) is 0 Å². The number of nitrogens with one attached hydrogen (secondary N) is 1. The van der Waals surface area contributed by atoms with E-state index in [-0.39, 0.29) is 0 Å². The highest BCUT2D eigenvalue weighted by Gasteiger charge is 2.13. The second kappa shape index (κ2) is 9.24. The van der Waals surface area contributed by atoms with Crippen LogP contribution >= 0.6 is 0 Å². The summed E-state index contributed by atoms with van der Waals surface area (Å²) < 4.78 is 5.93. The summed E-state index contributed by atoms with van der Waals surface area (Å²) >= 11 is 0. The first-order chi connectivity index (χ1) is 11.9. The Kier molecular flexibility index (Phi) is 6.43. The van der Waals surface area contributed by atoms with Crippen molar-refractivity contribution in [2.24, 2.45) is 11.0 Å². The van der Waals surface area contributed by atoms with Crippen LogP contribution in [0.4, 0.5) is 5.69 Å². The predicted molar refractivity (Wildman–Crippen MR) is 100 cm³/mol. The highest BCUT2D eigenvalue weighted by atomic mass is 16.5. The molecule has 0 spiro atoms. The monoisotopic (exact) mass is 322 g/mol. The second-order valence-electron chi connectivity index (χ2n) is 6.50. The van der Waals surface area contributed by atoms with Gasteiger partial charge >= 0.3 is 0 Å². The molecule has 0 unspecified atom stereocenters. The Labute approximate surface area is 144 Å². The van der Waals surface area contributed by atoms with E-state index in [1.165, 1.54) is 37.7 Å². The van der Waals surface area contributed by atoms with E-state index >= 15 is 0 Å². The van der Waals surface area contributed by atoms with Crippen molar-refractivity contribution in [3.8, 4) is 0 Å². The molecule has 0 amide bonds. The zero-order valence-electron chi connectivity index (χ0n) is 14.2. The smallest absolute Gasteiger partial charge is 0.0717 e. The molecule has 3 rings (SSSR count). The number of hydrogen-bond acceptors (Lipinski definition) is 3. The molecule has 24 heavy (non-hydrogen) atoms. The van der Waals surface area contributed by atoms with Gasteiger partial charge in [-0.1, -0.05) is 55.7 Å². The summed E-state index contributed by atoms with van der Waals surface area (Å²) in [7, 11) is 0. The lowest BCUT2D eigenvalue weighted by atomic mass is 9.90. The van der Waals surface area contributed by atoms with Crippen molar-refractivity contribution < 1.29 is 4.74 Å². The van der Waals surface area contributed by atoms with Gasteiger partial charge < -0.3 is 4.74 Å². The Morgan fingerprint density at radius 1 is 1.00 bits per heavy atom. The predicted octanol–water partition coefficient (Wildman–Crippen LogP) is 5.23.